The van der Waals surface area contributed by atoms with Gasteiger partial charge in [0.05, 0.1) is 4.47 Å². The molecule has 0 heterocycles. The Morgan fingerprint density at radius 2 is 1.85 bits per heavy atom. The Kier molecular flexibility index (Phi) is 3.57. The van der Waals surface area contributed by atoms with Gasteiger partial charge in [-0.15, -0.1) is 0 Å². The average Bonchev–Trinajstić information content (AvgIpc) is 2.10. The summed E-state index contributed by atoms with van der Waals surface area (Å²) in [6.07, 6.45) is 3.20. The van der Waals surface area contributed by atoms with Gasteiger partial charge in [-0.3, -0.25) is 0 Å². The van der Waals surface area contributed by atoms with E-state index in [1.54, 1.807) is 12.2 Å². The summed E-state index contributed by atoms with van der Waals surface area (Å²) < 4.78 is 25.7. The Bertz CT molecular complexity index is 313. The number of nitrogens with two attached hydrogens (primary N) is 1. The van der Waals surface area contributed by atoms with E-state index in [1.807, 2.05) is 0 Å². The molecule has 0 atom stereocenters. The molecule has 4 heteroatoms. The topological polar surface area (TPSA) is 26.0 Å². The van der Waals surface area contributed by atoms with Crippen LogP contribution in [-0.2, 0) is 0 Å². The lowest BCUT2D eigenvalue weighted by atomic mass is 10.2. The molecule has 0 aliphatic heterocycles. The van der Waals surface area contributed by atoms with Crippen LogP contribution in [0.2, 0.25) is 0 Å². The predicted molar refractivity (Wildman–Crippen MR) is 52.1 cm³/mol. The zero-order valence-corrected chi connectivity index (χ0v) is 8.31. The summed E-state index contributed by atoms with van der Waals surface area (Å²) in [7, 11) is 0. The van der Waals surface area contributed by atoms with E-state index in [-0.39, 0.29) is 4.47 Å². The quantitative estimate of drug-likeness (QED) is 0.800. The maximum absolute atomic E-state index is 12.9. The van der Waals surface area contributed by atoms with Crippen molar-refractivity contribution in [3.8, 4) is 0 Å². The van der Waals surface area contributed by atoms with Gasteiger partial charge in [0.2, 0.25) is 0 Å². The highest BCUT2D eigenvalue weighted by molar-refractivity contribution is 9.10. The summed E-state index contributed by atoms with van der Waals surface area (Å²) in [6.45, 7) is 0.347. The Balaban J connectivity index is 3.06. The Hall–Kier alpha value is -0.740. The Morgan fingerprint density at radius 1 is 1.31 bits per heavy atom. The molecule has 0 spiro atoms. The molecule has 0 aliphatic carbocycles. The van der Waals surface area contributed by atoms with Crippen LogP contribution >= 0.6 is 15.9 Å². The van der Waals surface area contributed by atoms with E-state index in [9.17, 15) is 8.78 Å². The molecule has 0 aliphatic rings. The molecule has 70 valence electrons. The molecule has 0 bridgehead atoms. The van der Waals surface area contributed by atoms with Gasteiger partial charge in [0.25, 0.3) is 0 Å². The van der Waals surface area contributed by atoms with E-state index in [0.717, 1.165) is 0 Å². The van der Waals surface area contributed by atoms with E-state index in [2.05, 4.69) is 15.9 Å². The monoisotopic (exact) mass is 247 g/mol. The van der Waals surface area contributed by atoms with Gasteiger partial charge in [-0.1, -0.05) is 12.2 Å². The highest BCUT2D eigenvalue weighted by Crippen LogP contribution is 2.21. The second kappa shape index (κ2) is 4.48. The van der Waals surface area contributed by atoms with Gasteiger partial charge in [-0.05, 0) is 33.6 Å². The summed E-state index contributed by atoms with van der Waals surface area (Å²) in [5, 5.41) is 0. The number of hydrogen-bond donors (Lipinski definition) is 1. The van der Waals surface area contributed by atoms with Crippen molar-refractivity contribution in [3.63, 3.8) is 0 Å². The first kappa shape index (κ1) is 10.3. The van der Waals surface area contributed by atoms with Gasteiger partial charge in [0, 0.05) is 6.54 Å². The lowest BCUT2D eigenvalue weighted by Gasteiger charge is -1.98. The Morgan fingerprint density at radius 3 is 2.31 bits per heavy atom. The molecule has 13 heavy (non-hydrogen) atoms. The van der Waals surface area contributed by atoms with Crippen LogP contribution in [-0.4, -0.2) is 6.54 Å². The SMILES string of the molecule is NCC=Cc1cc(F)c(Br)c(F)c1. The van der Waals surface area contributed by atoms with Crippen molar-refractivity contribution in [2.75, 3.05) is 6.54 Å². The molecule has 1 rings (SSSR count). The van der Waals surface area contributed by atoms with Gasteiger partial charge < -0.3 is 5.73 Å². The van der Waals surface area contributed by atoms with Crippen molar-refractivity contribution in [1.82, 2.24) is 0 Å². The average molecular weight is 248 g/mol. The molecule has 0 aromatic heterocycles. The summed E-state index contributed by atoms with van der Waals surface area (Å²) in [6, 6.07) is 2.47. The van der Waals surface area contributed by atoms with Gasteiger partial charge >= 0.3 is 0 Å². The lowest BCUT2D eigenvalue weighted by Crippen LogP contribution is -1.92. The van der Waals surface area contributed by atoms with Crippen LogP contribution < -0.4 is 5.73 Å². The molecule has 1 aromatic rings. The summed E-state index contributed by atoms with van der Waals surface area (Å²) >= 11 is 2.78. The largest absolute Gasteiger partial charge is 0.327 e. The molecular formula is C9H8BrF2N. The summed E-state index contributed by atoms with van der Waals surface area (Å²) in [4.78, 5) is 0. The fraction of sp³-hybridized carbons (Fsp3) is 0.111. The first-order valence-electron chi connectivity index (χ1n) is 3.66. The first-order chi connectivity index (χ1) is 6.15. The van der Waals surface area contributed by atoms with E-state index >= 15 is 0 Å². The van der Waals surface area contributed by atoms with Crippen LogP contribution in [0, 0.1) is 11.6 Å². The van der Waals surface area contributed by atoms with Crippen LogP contribution in [0.1, 0.15) is 5.56 Å². The van der Waals surface area contributed by atoms with Crippen molar-refractivity contribution in [3.05, 3.63) is 39.9 Å². The first-order valence-corrected chi connectivity index (χ1v) is 4.45. The molecule has 0 unspecified atom stereocenters. The minimum Gasteiger partial charge on any atom is -0.327 e. The van der Waals surface area contributed by atoms with Crippen LogP contribution in [0.4, 0.5) is 8.78 Å². The summed E-state index contributed by atoms with van der Waals surface area (Å²) in [5.41, 5.74) is 5.66. The molecule has 1 aromatic carbocycles. The third-order valence-electron chi connectivity index (χ3n) is 1.45. The van der Waals surface area contributed by atoms with Gasteiger partial charge in [-0.25, -0.2) is 8.78 Å². The standard InChI is InChI=1S/C9H8BrF2N/c10-9-7(11)4-6(2-1-3-13)5-8(9)12/h1-2,4-5H,3,13H2. The van der Waals surface area contributed by atoms with Crippen molar-refractivity contribution in [2.24, 2.45) is 5.73 Å². The van der Waals surface area contributed by atoms with E-state index in [0.29, 0.717) is 12.1 Å². The molecule has 0 amide bonds. The second-order valence-corrected chi connectivity index (χ2v) is 3.23. The van der Waals surface area contributed by atoms with Crippen LogP contribution in [0.15, 0.2) is 22.7 Å². The van der Waals surface area contributed by atoms with E-state index in [4.69, 9.17) is 5.73 Å². The molecule has 0 saturated carbocycles. The Labute approximate surface area is 83.4 Å². The van der Waals surface area contributed by atoms with Crippen LogP contribution in [0.25, 0.3) is 6.08 Å². The molecule has 2 N–H and O–H groups in total. The van der Waals surface area contributed by atoms with Crippen molar-refractivity contribution in [1.29, 1.82) is 0 Å². The predicted octanol–water partition coefficient (Wildman–Crippen LogP) is 2.70. The smallest absolute Gasteiger partial charge is 0.140 e. The highest BCUT2D eigenvalue weighted by atomic mass is 79.9. The second-order valence-electron chi connectivity index (χ2n) is 2.44. The molecular weight excluding hydrogens is 240 g/mol. The minimum atomic E-state index is -0.614. The minimum absolute atomic E-state index is 0.141. The number of rotatable bonds is 2. The number of halogens is 3. The van der Waals surface area contributed by atoms with Crippen LogP contribution in [0.5, 0.6) is 0 Å². The van der Waals surface area contributed by atoms with Gasteiger partial charge in [-0.2, -0.15) is 0 Å². The highest BCUT2D eigenvalue weighted by Gasteiger charge is 2.06. The van der Waals surface area contributed by atoms with Crippen molar-refractivity contribution in [2.45, 2.75) is 0 Å². The van der Waals surface area contributed by atoms with Crippen LogP contribution in [0.3, 0.4) is 0 Å². The number of hydrogen-bond acceptors (Lipinski definition) is 1. The van der Waals surface area contributed by atoms with Crippen molar-refractivity contribution >= 4 is 22.0 Å². The maximum atomic E-state index is 12.9. The maximum Gasteiger partial charge on any atom is 0.140 e. The third kappa shape index (κ3) is 2.60. The third-order valence-corrected chi connectivity index (χ3v) is 2.21. The molecule has 0 saturated heterocycles. The molecule has 0 fully saturated rings. The lowest BCUT2D eigenvalue weighted by molar-refractivity contribution is 0.571. The molecule has 1 nitrogen and oxygen atoms in total. The zero-order chi connectivity index (χ0) is 9.84. The van der Waals surface area contributed by atoms with Gasteiger partial charge in [0.1, 0.15) is 11.6 Å². The fourth-order valence-electron chi connectivity index (χ4n) is 0.875. The fourth-order valence-corrected chi connectivity index (χ4v) is 1.10. The molecule has 0 radical (unpaired) electrons. The summed E-state index contributed by atoms with van der Waals surface area (Å²) in [5.74, 6) is -1.23. The zero-order valence-electron chi connectivity index (χ0n) is 6.73. The van der Waals surface area contributed by atoms with E-state index in [1.165, 1.54) is 12.1 Å². The van der Waals surface area contributed by atoms with Crippen molar-refractivity contribution < 1.29 is 8.78 Å². The van der Waals surface area contributed by atoms with Gasteiger partial charge in [0.15, 0.2) is 0 Å². The number of benzene rings is 1. The normalized spacial score (nSPS) is 11.1. The van der Waals surface area contributed by atoms with E-state index < -0.39 is 11.6 Å².